The minimum atomic E-state index is -3.94. The van der Waals surface area contributed by atoms with Gasteiger partial charge in [-0.1, -0.05) is 41.5 Å². The van der Waals surface area contributed by atoms with Crippen LogP contribution in [0, 0.1) is 10.8 Å². The first kappa shape index (κ1) is 26.2. The Morgan fingerprint density at radius 3 is 1.85 bits per heavy atom. The highest BCUT2D eigenvalue weighted by molar-refractivity contribution is 7.92. The Bertz CT molecular complexity index is 1110. The fourth-order valence-electron chi connectivity index (χ4n) is 2.52. The number of benzene rings is 2. The van der Waals surface area contributed by atoms with Crippen molar-refractivity contribution < 1.29 is 22.7 Å². The van der Waals surface area contributed by atoms with E-state index in [1.807, 2.05) is 0 Å². The summed E-state index contributed by atoms with van der Waals surface area (Å²) in [5.74, 6) is -0.0260. The Kier molecular flexibility index (Phi) is 7.79. The van der Waals surface area contributed by atoms with E-state index >= 15 is 0 Å². The van der Waals surface area contributed by atoms with Crippen LogP contribution in [0.3, 0.4) is 0 Å². The Balaban J connectivity index is 2.26. The Morgan fingerprint density at radius 2 is 1.33 bits per heavy atom. The van der Waals surface area contributed by atoms with Gasteiger partial charge in [0.15, 0.2) is 0 Å². The van der Waals surface area contributed by atoms with E-state index in [9.17, 15) is 18.0 Å². The topological polar surface area (TPSA) is 114 Å². The third-order valence-corrected chi connectivity index (χ3v) is 5.95. The molecule has 9 heteroatoms. The average molecular weight is 476 g/mol. The lowest BCUT2D eigenvalue weighted by Crippen LogP contribution is -2.28. The number of sulfonamides is 1. The number of carbonyl (C=O) groups excluding carboxylic acids is 2. The van der Waals surface area contributed by atoms with E-state index < -0.39 is 20.9 Å². The zero-order valence-corrected chi connectivity index (χ0v) is 21.0. The summed E-state index contributed by atoms with van der Waals surface area (Å²) >= 11 is 0. The summed E-state index contributed by atoms with van der Waals surface area (Å²) in [4.78, 5) is 24.5. The van der Waals surface area contributed by atoms with Crippen molar-refractivity contribution in [2.75, 3.05) is 22.0 Å². The first-order valence-corrected chi connectivity index (χ1v) is 12.1. The van der Waals surface area contributed by atoms with Crippen LogP contribution in [0.4, 0.5) is 17.1 Å². The molecule has 180 valence electrons. The molecule has 0 aliphatic heterocycles. The molecule has 0 atom stereocenters. The standard InChI is InChI=1S/C24H33N3O5S/c1-8-32-20-14-13-18(15-19(20)26-22(29)24(5,6)7)33(30,31)27-17-11-9-16(10-12-17)25-21(28)23(2,3)4/h9-15,27H,8H2,1-7H3,(H,25,28)(H,26,29). The third kappa shape index (κ3) is 7.21. The highest BCUT2D eigenvalue weighted by Gasteiger charge is 2.24. The molecule has 0 bridgehead atoms. The summed E-state index contributed by atoms with van der Waals surface area (Å²) < 4.78 is 34.0. The third-order valence-electron chi connectivity index (χ3n) is 4.57. The van der Waals surface area contributed by atoms with Crippen molar-refractivity contribution in [2.45, 2.75) is 53.4 Å². The first-order valence-electron chi connectivity index (χ1n) is 10.7. The summed E-state index contributed by atoms with van der Waals surface area (Å²) in [7, 11) is -3.94. The number of ether oxygens (including phenoxy) is 1. The number of rotatable bonds is 7. The maximum Gasteiger partial charge on any atom is 0.261 e. The predicted molar refractivity (Wildman–Crippen MR) is 131 cm³/mol. The molecular weight excluding hydrogens is 442 g/mol. The second-order valence-electron chi connectivity index (χ2n) is 9.68. The van der Waals surface area contributed by atoms with E-state index in [-0.39, 0.29) is 22.4 Å². The zero-order valence-electron chi connectivity index (χ0n) is 20.2. The summed E-state index contributed by atoms with van der Waals surface area (Å²) in [5.41, 5.74) is -0.0432. The van der Waals surface area contributed by atoms with Gasteiger partial charge in [-0.05, 0) is 49.4 Å². The second-order valence-corrected chi connectivity index (χ2v) is 11.4. The molecule has 0 heterocycles. The van der Waals surface area contributed by atoms with Crippen LogP contribution < -0.4 is 20.1 Å². The normalized spacial score (nSPS) is 12.1. The van der Waals surface area contributed by atoms with E-state index in [0.717, 1.165) is 0 Å². The molecule has 0 saturated heterocycles. The van der Waals surface area contributed by atoms with Crippen molar-refractivity contribution in [1.82, 2.24) is 0 Å². The molecule has 0 saturated carbocycles. The van der Waals surface area contributed by atoms with Crippen LogP contribution >= 0.6 is 0 Å². The molecule has 8 nitrogen and oxygen atoms in total. The molecule has 0 radical (unpaired) electrons. The molecule has 0 aliphatic rings. The van der Waals surface area contributed by atoms with Crippen LogP contribution in [0.15, 0.2) is 47.4 Å². The Labute approximate surface area is 196 Å². The number of anilines is 3. The molecule has 2 amide bonds. The number of amides is 2. The number of hydrogen-bond acceptors (Lipinski definition) is 5. The first-order chi connectivity index (χ1) is 15.1. The lowest BCUT2D eigenvalue weighted by molar-refractivity contribution is -0.123. The number of nitrogens with one attached hydrogen (secondary N) is 3. The van der Waals surface area contributed by atoms with Gasteiger partial charge in [0.25, 0.3) is 10.0 Å². The summed E-state index contributed by atoms with van der Waals surface area (Å²) in [6.07, 6.45) is 0. The van der Waals surface area contributed by atoms with Crippen LogP contribution in [-0.4, -0.2) is 26.8 Å². The smallest absolute Gasteiger partial charge is 0.261 e. The average Bonchev–Trinajstić information content (AvgIpc) is 2.69. The highest BCUT2D eigenvalue weighted by atomic mass is 32.2. The maximum atomic E-state index is 13.0. The molecule has 0 aliphatic carbocycles. The van der Waals surface area contributed by atoms with Gasteiger partial charge in [-0.25, -0.2) is 8.42 Å². The second kappa shape index (κ2) is 9.82. The van der Waals surface area contributed by atoms with Gasteiger partial charge in [0, 0.05) is 22.2 Å². The van der Waals surface area contributed by atoms with E-state index in [1.54, 1.807) is 72.7 Å². The van der Waals surface area contributed by atoms with Gasteiger partial charge in [0.2, 0.25) is 11.8 Å². The minimum Gasteiger partial charge on any atom is -0.492 e. The molecule has 2 rings (SSSR count). The van der Waals surface area contributed by atoms with Crippen molar-refractivity contribution in [3.63, 3.8) is 0 Å². The van der Waals surface area contributed by atoms with E-state index in [4.69, 9.17) is 4.74 Å². The van der Waals surface area contributed by atoms with Gasteiger partial charge in [-0.15, -0.1) is 0 Å². The quantitative estimate of drug-likeness (QED) is 0.529. The van der Waals surface area contributed by atoms with Crippen LogP contribution in [0.5, 0.6) is 5.75 Å². The van der Waals surface area contributed by atoms with Crippen molar-refractivity contribution in [3.05, 3.63) is 42.5 Å². The molecular formula is C24H33N3O5S. The predicted octanol–water partition coefficient (Wildman–Crippen LogP) is 4.86. The SMILES string of the molecule is CCOc1ccc(S(=O)(=O)Nc2ccc(NC(=O)C(C)(C)C)cc2)cc1NC(=O)C(C)(C)C. The molecule has 2 aromatic carbocycles. The number of hydrogen-bond donors (Lipinski definition) is 3. The van der Waals surface area contributed by atoms with Gasteiger partial charge in [0.1, 0.15) is 5.75 Å². The highest BCUT2D eigenvalue weighted by Crippen LogP contribution is 2.30. The minimum absolute atomic E-state index is 0.0275. The molecule has 2 aromatic rings. The van der Waals surface area contributed by atoms with Crippen molar-refractivity contribution in [1.29, 1.82) is 0 Å². The monoisotopic (exact) mass is 475 g/mol. The van der Waals surface area contributed by atoms with Crippen LogP contribution in [0.25, 0.3) is 0 Å². The van der Waals surface area contributed by atoms with Crippen LogP contribution in [0.1, 0.15) is 48.5 Å². The number of carbonyl (C=O) groups is 2. The van der Waals surface area contributed by atoms with E-state index in [2.05, 4.69) is 15.4 Å². The zero-order chi connectivity index (χ0) is 25.0. The maximum absolute atomic E-state index is 13.0. The van der Waals surface area contributed by atoms with Crippen molar-refractivity contribution in [2.24, 2.45) is 10.8 Å². The molecule has 3 N–H and O–H groups in total. The Hall–Kier alpha value is -3.07. The summed E-state index contributed by atoms with van der Waals surface area (Å²) in [5, 5.41) is 5.54. The lowest BCUT2D eigenvalue weighted by Gasteiger charge is -2.20. The molecule has 0 unspecified atom stereocenters. The summed E-state index contributed by atoms with van der Waals surface area (Å²) in [6.45, 7) is 12.9. The van der Waals surface area contributed by atoms with Crippen LogP contribution in [0.2, 0.25) is 0 Å². The molecule has 0 fully saturated rings. The van der Waals surface area contributed by atoms with Crippen LogP contribution in [-0.2, 0) is 19.6 Å². The van der Waals surface area contributed by atoms with Gasteiger partial charge in [-0.2, -0.15) is 0 Å². The van der Waals surface area contributed by atoms with E-state index in [0.29, 0.717) is 23.7 Å². The van der Waals surface area contributed by atoms with Crippen molar-refractivity contribution >= 4 is 38.9 Å². The largest absolute Gasteiger partial charge is 0.492 e. The summed E-state index contributed by atoms with van der Waals surface area (Å²) in [6, 6.07) is 10.7. The van der Waals surface area contributed by atoms with Gasteiger partial charge in [-0.3, -0.25) is 14.3 Å². The van der Waals surface area contributed by atoms with Gasteiger partial charge < -0.3 is 15.4 Å². The fourth-order valence-corrected chi connectivity index (χ4v) is 3.60. The van der Waals surface area contributed by atoms with Crippen molar-refractivity contribution in [3.8, 4) is 5.75 Å². The Morgan fingerprint density at radius 1 is 0.818 bits per heavy atom. The molecule has 33 heavy (non-hydrogen) atoms. The van der Waals surface area contributed by atoms with E-state index in [1.165, 1.54) is 18.2 Å². The van der Waals surface area contributed by atoms with Gasteiger partial charge in [0.05, 0.1) is 17.2 Å². The van der Waals surface area contributed by atoms with Gasteiger partial charge >= 0.3 is 0 Å². The lowest BCUT2D eigenvalue weighted by atomic mass is 9.95. The molecule has 0 spiro atoms. The molecule has 0 aromatic heterocycles. The fraction of sp³-hybridized carbons (Fsp3) is 0.417.